The molecule has 1 saturated carbocycles. The van der Waals surface area contributed by atoms with Crippen LogP contribution in [0.15, 0.2) is 36.5 Å². The average Bonchev–Trinajstić information content (AvgIpc) is 3.19. The molecule has 0 N–H and O–H groups in total. The van der Waals surface area contributed by atoms with Gasteiger partial charge < -0.3 is 9.47 Å². The molecule has 1 aromatic heterocycles. The van der Waals surface area contributed by atoms with Crippen LogP contribution >= 0.6 is 0 Å². The van der Waals surface area contributed by atoms with E-state index in [9.17, 15) is 18.4 Å². The van der Waals surface area contributed by atoms with Crippen LogP contribution in [0.5, 0.6) is 0 Å². The number of ether oxygens (including phenoxy) is 2. The van der Waals surface area contributed by atoms with E-state index in [-0.39, 0.29) is 24.2 Å². The fourth-order valence-corrected chi connectivity index (χ4v) is 3.83. The van der Waals surface area contributed by atoms with E-state index in [0.29, 0.717) is 32.3 Å². The smallest absolute Gasteiger partial charge is 0.342 e. The van der Waals surface area contributed by atoms with Crippen LogP contribution < -0.4 is 0 Å². The van der Waals surface area contributed by atoms with Crippen LogP contribution in [0.1, 0.15) is 73.6 Å². The van der Waals surface area contributed by atoms with Crippen molar-refractivity contribution in [3.05, 3.63) is 53.3 Å². The second kappa shape index (κ2) is 9.36. The van der Waals surface area contributed by atoms with Gasteiger partial charge in [0.15, 0.2) is 0 Å². The summed E-state index contributed by atoms with van der Waals surface area (Å²) >= 11 is 0. The van der Waals surface area contributed by atoms with Gasteiger partial charge in [0.05, 0.1) is 24.3 Å². The fourth-order valence-electron chi connectivity index (χ4n) is 3.83. The quantitative estimate of drug-likeness (QED) is 0.598. The first-order valence-corrected chi connectivity index (χ1v) is 10.1. The molecule has 0 unspecified atom stereocenters. The van der Waals surface area contributed by atoms with Gasteiger partial charge in [-0.05, 0) is 45.1 Å². The predicted octanol–water partition coefficient (Wildman–Crippen LogP) is 4.86. The molecule has 0 amide bonds. The SMILES string of the molecule is CCOC(=O)[C@]1(C)CC[C@@H](n2ncc(C(=O)OCc3ccccc3)c2C(F)F)CC1. The molecule has 6 nitrogen and oxygen atoms in total. The van der Waals surface area contributed by atoms with Crippen molar-refractivity contribution < 1.29 is 27.8 Å². The van der Waals surface area contributed by atoms with Crippen molar-refractivity contribution in [2.75, 3.05) is 6.61 Å². The number of nitrogens with zero attached hydrogens (tertiary/aromatic N) is 2. The zero-order chi connectivity index (χ0) is 21.7. The van der Waals surface area contributed by atoms with Gasteiger partial charge in [0.1, 0.15) is 17.9 Å². The third-order valence-corrected chi connectivity index (χ3v) is 5.65. The van der Waals surface area contributed by atoms with Gasteiger partial charge in [0.25, 0.3) is 6.43 Å². The summed E-state index contributed by atoms with van der Waals surface area (Å²) in [4.78, 5) is 24.6. The first kappa shape index (κ1) is 21.9. The molecule has 0 bridgehead atoms. The normalized spacial score (nSPS) is 21.4. The van der Waals surface area contributed by atoms with Crippen molar-refractivity contribution in [2.24, 2.45) is 5.41 Å². The van der Waals surface area contributed by atoms with Crippen molar-refractivity contribution in [1.29, 1.82) is 0 Å². The van der Waals surface area contributed by atoms with Gasteiger partial charge in [-0.3, -0.25) is 9.48 Å². The molecule has 1 aliphatic rings. The molecular formula is C22H26F2N2O4. The molecule has 0 spiro atoms. The van der Waals surface area contributed by atoms with E-state index in [0.717, 1.165) is 11.8 Å². The summed E-state index contributed by atoms with van der Waals surface area (Å²) < 4.78 is 39.3. The van der Waals surface area contributed by atoms with Crippen LogP contribution in [0.2, 0.25) is 0 Å². The highest BCUT2D eigenvalue weighted by Crippen LogP contribution is 2.42. The number of aromatic nitrogens is 2. The van der Waals surface area contributed by atoms with E-state index in [1.54, 1.807) is 31.2 Å². The molecular weight excluding hydrogens is 394 g/mol. The lowest BCUT2D eigenvalue weighted by atomic mass is 9.74. The first-order chi connectivity index (χ1) is 14.4. The fraction of sp³-hybridized carbons (Fsp3) is 0.500. The van der Waals surface area contributed by atoms with Gasteiger partial charge in [0.2, 0.25) is 0 Å². The number of hydrogen-bond donors (Lipinski definition) is 0. The molecule has 0 saturated heterocycles. The highest BCUT2D eigenvalue weighted by Gasteiger charge is 2.40. The molecule has 3 rings (SSSR count). The minimum Gasteiger partial charge on any atom is -0.466 e. The summed E-state index contributed by atoms with van der Waals surface area (Å²) in [6.45, 7) is 3.89. The lowest BCUT2D eigenvalue weighted by molar-refractivity contribution is -0.156. The summed E-state index contributed by atoms with van der Waals surface area (Å²) in [7, 11) is 0. The van der Waals surface area contributed by atoms with E-state index in [1.165, 1.54) is 4.68 Å². The Labute approximate surface area is 174 Å². The van der Waals surface area contributed by atoms with Gasteiger partial charge in [0, 0.05) is 0 Å². The number of carbonyl (C=O) groups is 2. The number of rotatable bonds is 7. The van der Waals surface area contributed by atoms with E-state index in [4.69, 9.17) is 9.47 Å². The molecule has 0 atom stereocenters. The van der Waals surface area contributed by atoms with Gasteiger partial charge in [-0.2, -0.15) is 5.10 Å². The third kappa shape index (κ3) is 4.68. The molecule has 1 aliphatic carbocycles. The average molecular weight is 420 g/mol. The number of alkyl halides is 2. The van der Waals surface area contributed by atoms with Crippen LogP contribution in [-0.4, -0.2) is 28.3 Å². The zero-order valence-corrected chi connectivity index (χ0v) is 17.1. The number of benzene rings is 1. The molecule has 30 heavy (non-hydrogen) atoms. The molecule has 8 heteroatoms. The summed E-state index contributed by atoms with van der Waals surface area (Å²) in [5.74, 6) is -1.09. The molecule has 2 aromatic rings. The monoisotopic (exact) mass is 420 g/mol. The second-order valence-electron chi connectivity index (χ2n) is 7.76. The zero-order valence-electron chi connectivity index (χ0n) is 17.1. The van der Waals surface area contributed by atoms with Crippen LogP contribution in [0.4, 0.5) is 8.78 Å². The molecule has 1 fully saturated rings. The van der Waals surface area contributed by atoms with Gasteiger partial charge in [-0.25, -0.2) is 13.6 Å². The largest absolute Gasteiger partial charge is 0.466 e. The lowest BCUT2D eigenvalue weighted by Gasteiger charge is -2.35. The standard InChI is InChI=1S/C22H26F2N2O4/c1-3-29-21(28)22(2)11-9-16(10-12-22)26-18(19(23)24)17(13-25-26)20(27)30-14-15-7-5-4-6-8-15/h4-8,13,16,19H,3,9-12,14H2,1-2H3/t16-,22-. The summed E-state index contributed by atoms with van der Waals surface area (Å²) in [6, 6.07) is 8.70. The summed E-state index contributed by atoms with van der Waals surface area (Å²) in [5.41, 5.74) is -0.512. The highest BCUT2D eigenvalue weighted by atomic mass is 19.3. The van der Waals surface area contributed by atoms with Crippen molar-refractivity contribution in [1.82, 2.24) is 9.78 Å². The Balaban J connectivity index is 1.72. The minimum absolute atomic E-state index is 0.00510. The van der Waals surface area contributed by atoms with Crippen molar-refractivity contribution in [3.63, 3.8) is 0 Å². The third-order valence-electron chi connectivity index (χ3n) is 5.65. The van der Waals surface area contributed by atoms with Crippen LogP contribution in [0.3, 0.4) is 0 Å². The first-order valence-electron chi connectivity index (χ1n) is 10.1. The van der Waals surface area contributed by atoms with Gasteiger partial charge >= 0.3 is 11.9 Å². The Morgan fingerprint density at radius 3 is 2.47 bits per heavy atom. The predicted molar refractivity (Wildman–Crippen MR) is 105 cm³/mol. The Bertz CT molecular complexity index is 875. The lowest BCUT2D eigenvalue weighted by Crippen LogP contribution is -2.35. The molecule has 0 radical (unpaired) electrons. The summed E-state index contributed by atoms with van der Waals surface area (Å²) in [6.07, 6.45) is 0.281. The van der Waals surface area contributed by atoms with Crippen LogP contribution in [0, 0.1) is 5.41 Å². The number of carbonyl (C=O) groups excluding carboxylic acids is 2. The number of hydrogen-bond acceptors (Lipinski definition) is 5. The summed E-state index contributed by atoms with van der Waals surface area (Å²) in [5, 5.41) is 4.09. The number of esters is 2. The second-order valence-corrected chi connectivity index (χ2v) is 7.76. The van der Waals surface area contributed by atoms with Crippen LogP contribution in [0.25, 0.3) is 0 Å². The number of halogens is 2. The Kier molecular flexibility index (Phi) is 6.84. The Morgan fingerprint density at radius 2 is 1.87 bits per heavy atom. The van der Waals surface area contributed by atoms with Crippen molar-refractivity contribution >= 4 is 11.9 Å². The molecule has 1 heterocycles. The van der Waals surface area contributed by atoms with Gasteiger partial charge in [-0.15, -0.1) is 0 Å². The maximum Gasteiger partial charge on any atom is 0.342 e. The maximum atomic E-state index is 13.8. The topological polar surface area (TPSA) is 70.4 Å². The Morgan fingerprint density at radius 1 is 1.20 bits per heavy atom. The molecule has 0 aliphatic heterocycles. The Hall–Kier alpha value is -2.77. The van der Waals surface area contributed by atoms with Gasteiger partial charge in [-0.1, -0.05) is 30.3 Å². The van der Waals surface area contributed by atoms with Crippen molar-refractivity contribution in [2.45, 2.75) is 58.6 Å². The maximum absolute atomic E-state index is 13.8. The minimum atomic E-state index is -2.87. The molecule has 162 valence electrons. The highest BCUT2D eigenvalue weighted by molar-refractivity contribution is 5.90. The van der Waals surface area contributed by atoms with E-state index in [1.807, 2.05) is 13.0 Å². The molecule has 1 aromatic carbocycles. The van der Waals surface area contributed by atoms with Crippen LogP contribution in [-0.2, 0) is 20.9 Å². The van der Waals surface area contributed by atoms with E-state index in [2.05, 4.69) is 5.10 Å². The van der Waals surface area contributed by atoms with E-state index >= 15 is 0 Å². The van der Waals surface area contributed by atoms with Crippen molar-refractivity contribution in [3.8, 4) is 0 Å². The van der Waals surface area contributed by atoms with E-state index < -0.39 is 23.5 Å².